The quantitative estimate of drug-likeness (QED) is 0.748. The fraction of sp³-hybridized carbons (Fsp3) is 0.357. The van der Waals surface area contributed by atoms with Crippen molar-refractivity contribution in [2.75, 3.05) is 20.7 Å². The Labute approximate surface area is 117 Å². The lowest BCUT2D eigenvalue weighted by Crippen LogP contribution is -2.40. The predicted molar refractivity (Wildman–Crippen MR) is 70.9 cm³/mol. The Bertz CT molecular complexity index is 519. The van der Waals surface area contributed by atoms with E-state index in [-0.39, 0.29) is 12.5 Å². The highest BCUT2D eigenvalue weighted by Gasteiger charge is 2.21. The lowest BCUT2D eigenvalue weighted by molar-refractivity contribution is -0.148. The monoisotopic (exact) mass is 276 g/mol. The number of hydrogen-bond acceptors (Lipinski definition) is 5. The Hall–Kier alpha value is -2.55. The van der Waals surface area contributed by atoms with Crippen molar-refractivity contribution < 1.29 is 19.1 Å². The van der Waals surface area contributed by atoms with E-state index < -0.39 is 12.1 Å². The zero-order valence-corrected chi connectivity index (χ0v) is 11.6. The number of hydrogen-bond donors (Lipinski definition) is 0. The molecule has 0 aromatic heterocycles. The van der Waals surface area contributed by atoms with E-state index in [1.165, 1.54) is 19.1 Å². The van der Waals surface area contributed by atoms with Crippen molar-refractivity contribution in [3.63, 3.8) is 0 Å². The van der Waals surface area contributed by atoms with Crippen molar-refractivity contribution in [2.24, 2.45) is 0 Å². The van der Waals surface area contributed by atoms with Crippen molar-refractivity contribution in [2.45, 2.75) is 13.0 Å². The second kappa shape index (κ2) is 7.14. The summed E-state index contributed by atoms with van der Waals surface area (Å²) in [4.78, 5) is 24.3. The van der Waals surface area contributed by atoms with Crippen LogP contribution in [0.4, 0.5) is 0 Å². The molecule has 0 radical (unpaired) electrons. The molecule has 0 N–H and O–H groups in total. The van der Waals surface area contributed by atoms with Gasteiger partial charge >= 0.3 is 5.97 Å². The van der Waals surface area contributed by atoms with E-state index >= 15 is 0 Å². The standard InChI is InChI=1S/C14H16N2O4/c1-10(14(18)16(2)9-13(17)19-3)20-12-6-4-11(8-15)5-7-12/h4-7,10H,9H2,1-3H3. The van der Waals surface area contributed by atoms with Crippen LogP contribution in [-0.4, -0.2) is 43.6 Å². The van der Waals surface area contributed by atoms with Gasteiger partial charge < -0.3 is 14.4 Å². The highest BCUT2D eigenvalue weighted by molar-refractivity contribution is 5.84. The summed E-state index contributed by atoms with van der Waals surface area (Å²) >= 11 is 0. The number of ether oxygens (including phenoxy) is 2. The minimum Gasteiger partial charge on any atom is -0.481 e. The molecule has 6 nitrogen and oxygen atoms in total. The molecule has 0 bridgehead atoms. The number of nitriles is 1. The summed E-state index contributed by atoms with van der Waals surface area (Å²) in [5.74, 6) is -0.345. The van der Waals surface area contributed by atoms with Gasteiger partial charge in [0.2, 0.25) is 0 Å². The van der Waals surface area contributed by atoms with Gasteiger partial charge in [-0.3, -0.25) is 9.59 Å². The van der Waals surface area contributed by atoms with Crippen molar-refractivity contribution in [3.8, 4) is 11.8 Å². The van der Waals surface area contributed by atoms with E-state index in [9.17, 15) is 9.59 Å². The van der Waals surface area contributed by atoms with Crippen LogP contribution in [0.3, 0.4) is 0 Å². The molecule has 106 valence electrons. The summed E-state index contributed by atoms with van der Waals surface area (Å²) in [5, 5.41) is 8.68. The summed E-state index contributed by atoms with van der Waals surface area (Å²) in [7, 11) is 2.76. The number of amides is 1. The first kappa shape index (κ1) is 15.5. The van der Waals surface area contributed by atoms with E-state index in [2.05, 4.69) is 4.74 Å². The van der Waals surface area contributed by atoms with E-state index in [0.29, 0.717) is 11.3 Å². The third kappa shape index (κ3) is 4.28. The average molecular weight is 276 g/mol. The molecule has 1 amide bonds. The molecule has 0 fully saturated rings. The molecule has 1 aromatic carbocycles. The molecule has 1 unspecified atom stereocenters. The number of nitrogens with zero attached hydrogens (tertiary/aromatic N) is 2. The van der Waals surface area contributed by atoms with E-state index in [1.54, 1.807) is 31.2 Å². The van der Waals surface area contributed by atoms with Gasteiger partial charge in [0.1, 0.15) is 12.3 Å². The molecule has 0 spiro atoms. The van der Waals surface area contributed by atoms with Crippen LogP contribution < -0.4 is 4.74 Å². The summed E-state index contributed by atoms with van der Waals surface area (Å²) < 4.78 is 9.95. The lowest BCUT2D eigenvalue weighted by atomic mass is 10.2. The molecule has 0 saturated heterocycles. The Balaban J connectivity index is 2.60. The minimum atomic E-state index is -0.738. The highest BCUT2D eigenvalue weighted by atomic mass is 16.5. The largest absolute Gasteiger partial charge is 0.481 e. The number of carbonyl (C=O) groups excluding carboxylic acids is 2. The predicted octanol–water partition coefficient (Wildman–Crippen LogP) is 0.957. The molecule has 0 aliphatic rings. The van der Waals surface area contributed by atoms with Crippen LogP contribution in [0.2, 0.25) is 0 Å². The van der Waals surface area contributed by atoms with Gasteiger partial charge in [-0.1, -0.05) is 0 Å². The third-order valence-corrected chi connectivity index (χ3v) is 2.61. The molecule has 1 aromatic rings. The van der Waals surface area contributed by atoms with Gasteiger partial charge in [-0.25, -0.2) is 0 Å². The number of likely N-dealkylation sites (N-methyl/N-ethyl adjacent to an activating group) is 1. The van der Waals surface area contributed by atoms with Gasteiger partial charge in [0.15, 0.2) is 6.10 Å². The number of benzene rings is 1. The SMILES string of the molecule is COC(=O)CN(C)C(=O)C(C)Oc1ccc(C#N)cc1. The van der Waals surface area contributed by atoms with Crippen molar-refractivity contribution >= 4 is 11.9 Å². The molecule has 6 heteroatoms. The zero-order valence-electron chi connectivity index (χ0n) is 11.6. The number of rotatable bonds is 5. The first-order chi connectivity index (χ1) is 9.47. The Kier molecular flexibility index (Phi) is 5.54. The molecular weight excluding hydrogens is 260 g/mol. The molecule has 0 aliphatic heterocycles. The van der Waals surface area contributed by atoms with Gasteiger partial charge in [0, 0.05) is 7.05 Å². The van der Waals surface area contributed by atoms with Crippen molar-refractivity contribution in [1.82, 2.24) is 4.90 Å². The molecule has 0 saturated carbocycles. The summed E-state index contributed by atoms with van der Waals surface area (Å²) in [6.07, 6.45) is -0.738. The number of methoxy groups -OCH3 is 1. The maximum atomic E-state index is 12.0. The van der Waals surface area contributed by atoms with Gasteiger partial charge in [-0.2, -0.15) is 5.26 Å². The Morgan fingerprint density at radius 1 is 1.35 bits per heavy atom. The molecule has 0 heterocycles. The van der Waals surface area contributed by atoms with Gasteiger partial charge in [0.25, 0.3) is 5.91 Å². The van der Waals surface area contributed by atoms with E-state index in [0.717, 1.165) is 0 Å². The van der Waals surface area contributed by atoms with E-state index in [4.69, 9.17) is 10.00 Å². The molecule has 0 aliphatic carbocycles. The number of esters is 1. The second-order valence-electron chi connectivity index (χ2n) is 4.17. The summed E-state index contributed by atoms with van der Waals surface area (Å²) in [6.45, 7) is 1.46. The summed E-state index contributed by atoms with van der Waals surface area (Å²) in [6, 6.07) is 8.43. The Morgan fingerprint density at radius 3 is 2.45 bits per heavy atom. The van der Waals surface area contributed by atoms with Crippen LogP contribution in [0.5, 0.6) is 5.75 Å². The highest BCUT2D eigenvalue weighted by Crippen LogP contribution is 2.14. The van der Waals surface area contributed by atoms with Gasteiger partial charge in [0.05, 0.1) is 18.7 Å². The van der Waals surface area contributed by atoms with E-state index in [1.807, 2.05) is 6.07 Å². The molecule has 1 rings (SSSR count). The molecule has 20 heavy (non-hydrogen) atoms. The normalized spacial score (nSPS) is 11.1. The second-order valence-corrected chi connectivity index (χ2v) is 4.17. The minimum absolute atomic E-state index is 0.129. The van der Waals surface area contributed by atoms with Crippen LogP contribution in [-0.2, 0) is 14.3 Å². The lowest BCUT2D eigenvalue weighted by Gasteiger charge is -2.21. The van der Waals surface area contributed by atoms with Crippen LogP contribution in [0.25, 0.3) is 0 Å². The zero-order chi connectivity index (χ0) is 15.1. The topological polar surface area (TPSA) is 79.6 Å². The van der Waals surface area contributed by atoms with Crippen molar-refractivity contribution in [3.05, 3.63) is 29.8 Å². The fourth-order valence-corrected chi connectivity index (χ4v) is 1.51. The van der Waals surface area contributed by atoms with Crippen LogP contribution >= 0.6 is 0 Å². The number of carbonyl (C=O) groups is 2. The summed E-state index contributed by atoms with van der Waals surface area (Å²) in [5.41, 5.74) is 0.513. The smallest absolute Gasteiger partial charge is 0.325 e. The van der Waals surface area contributed by atoms with Gasteiger partial charge in [-0.05, 0) is 31.2 Å². The van der Waals surface area contributed by atoms with Crippen molar-refractivity contribution in [1.29, 1.82) is 5.26 Å². The first-order valence-corrected chi connectivity index (χ1v) is 5.96. The van der Waals surface area contributed by atoms with Crippen LogP contribution in [0.1, 0.15) is 12.5 Å². The van der Waals surface area contributed by atoms with Crippen LogP contribution in [0, 0.1) is 11.3 Å². The van der Waals surface area contributed by atoms with Crippen LogP contribution in [0.15, 0.2) is 24.3 Å². The Morgan fingerprint density at radius 2 is 1.95 bits per heavy atom. The molecular formula is C14H16N2O4. The molecule has 1 atom stereocenters. The maximum Gasteiger partial charge on any atom is 0.325 e. The first-order valence-electron chi connectivity index (χ1n) is 5.96. The average Bonchev–Trinajstić information content (AvgIpc) is 2.46. The fourth-order valence-electron chi connectivity index (χ4n) is 1.51. The maximum absolute atomic E-state index is 12.0. The third-order valence-electron chi connectivity index (χ3n) is 2.61. The van der Waals surface area contributed by atoms with Gasteiger partial charge in [-0.15, -0.1) is 0 Å².